The highest BCUT2D eigenvalue weighted by molar-refractivity contribution is 7.80. The molecular formula is C60H120N38O12S2. The number of carbonyl (C=O) groups excluding carboxylic acids is 10. The van der Waals surface area contributed by atoms with Gasteiger partial charge in [0.25, 0.3) is 0 Å². The minimum atomic E-state index is -1.64. The Hall–Kier alpha value is -11.7. The Kier molecular flexibility index (Phi) is 51.3. The summed E-state index contributed by atoms with van der Waals surface area (Å²) in [6.07, 6.45) is -1.63. The average Bonchev–Trinajstić information content (AvgIpc) is 0.846. The summed E-state index contributed by atoms with van der Waals surface area (Å²) >= 11 is 8.08. The lowest BCUT2D eigenvalue weighted by molar-refractivity contribution is -0.141. The zero-order chi connectivity index (χ0) is 84.8. The number of amides is 10. The lowest BCUT2D eigenvalue weighted by Crippen LogP contribution is -2.61. The lowest BCUT2D eigenvalue weighted by Gasteiger charge is -2.29. The zero-order valence-electron chi connectivity index (χ0n) is 62.5. The third-order valence-electron chi connectivity index (χ3n) is 15.9. The van der Waals surface area contributed by atoms with Crippen molar-refractivity contribution in [3.8, 4) is 0 Å². The van der Waals surface area contributed by atoms with Gasteiger partial charge in [0.15, 0.2) is 53.6 Å². The summed E-state index contributed by atoms with van der Waals surface area (Å²) in [7, 11) is 0. The maximum atomic E-state index is 15.0. The van der Waals surface area contributed by atoms with Gasteiger partial charge in [-0.25, -0.2) is 4.79 Å². The average molecular weight is 1630 g/mol. The number of carboxylic acid groups (broad SMARTS) is 1. The highest BCUT2D eigenvalue weighted by Gasteiger charge is 2.37. The summed E-state index contributed by atoms with van der Waals surface area (Å²) in [5, 5.41) is 127. The molecule has 0 aromatic heterocycles. The summed E-state index contributed by atoms with van der Waals surface area (Å²) in [4.78, 5) is 156. The molecule has 0 fully saturated rings. The summed E-state index contributed by atoms with van der Waals surface area (Å²) in [5.41, 5.74) is 55.5. The molecule has 52 heteroatoms. The third-order valence-corrected chi connectivity index (χ3v) is 16.7. The summed E-state index contributed by atoms with van der Waals surface area (Å²) in [6.45, 7) is -0.106. The molecule has 0 radical (unpaired) electrons. The standard InChI is InChI=1S/C60H120N38O12S2/c61-30(28-111)41(99)89-31(10-1-19-80-52(62)63)42(100)90-32(11-2-20-81-53(64)65)43(101)91-33(12-3-21-82-54(66)67)44(102)92-34(13-4-22-83-55(68)69)45(103)93-35(14-5-23-84-56(70)71)46(104)94-36(15-6-24-85-57(72)73)47(105)95-37(16-7-25-86-58(74)75)48(106)96-38(17-8-26-87-59(76)77)49(107)97-39(18-9-27-88-60(78)79)50(108)98-40(29-112)51(109)110/h30-40,111-112H,1-29,61H2,(H,89,99)(H,90,100)(H,91,101)(H,92,102)(H,93,103)(H,94,104)(H,95,105)(H,96,106)(H,97,107)(H,98,108)(H,109,110)(H4,62,63,80)(H4,64,65,81)(H4,66,67,82)(H4,68,69,83)(H4,70,71,84)(H4,72,73,85)(H4,74,75,86)(H4,76,77,87)(H4,78,79,88)/t30-,31-,32-,33-,34-,35-,36-,37-,38-,39-,40-/m0/s1. The van der Waals surface area contributed by atoms with Crippen LogP contribution in [-0.4, -0.2) is 261 Å². The Morgan fingerprint density at radius 1 is 0.232 bits per heavy atom. The fraction of sp³-hybridized carbons (Fsp3) is 0.667. The fourth-order valence-corrected chi connectivity index (χ4v) is 10.6. The van der Waals surface area contributed by atoms with Crippen molar-refractivity contribution >= 4 is 144 Å². The van der Waals surface area contributed by atoms with Crippen molar-refractivity contribution in [3.05, 3.63) is 0 Å². The minimum Gasteiger partial charge on any atom is -0.480 e. The van der Waals surface area contributed by atoms with Crippen LogP contribution >= 0.6 is 25.3 Å². The van der Waals surface area contributed by atoms with Gasteiger partial charge in [0.05, 0.1) is 6.04 Å². The molecule has 0 heterocycles. The van der Waals surface area contributed by atoms with Gasteiger partial charge in [-0.1, -0.05) is 0 Å². The van der Waals surface area contributed by atoms with Crippen molar-refractivity contribution in [3.63, 3.8) is 0 Å². The molecule has 0 aliphatic rings. The van der Waals surface area contributed by atoms with Gasteiger partial charge in [-0.3, -0.25) is 96.6 Å². The van der Waals surface area contributed by atoms with Crippen LogP contribution in [0.1, 0.15) is 116 Å². The molecule has 0 aliphatic carbocycles. The van der Waals surface area contributed by atoms with Gasteiger partial charge in [0.1, 0.15) is 60.4 Å². The molecule has 634 valence electrons. The number of nitrogens with one attached hydrogen (secondary N) is 28. The second kappa shape index (κ2) is 57.4. The summed E-state index contributed by atoms with van der Waals surface area (Å²) in [5.74, 6) is -15.5. The van der Waals surface area contributed by atoms with E-state index in [0.717, 1.165) is 0 Å². The van der Waals surface area contributed by atoms with Gasteiger partial charge in [-0.2, -0.15) is 25.3 Å². The quantitative estimate of drug-likeness (QED) is 0.0116. The number of nitrogens with two attached hydrogens (primary N) is 10. The molecule has 0 aromatic carbocycles. The van der Waals surface area contributed by atoms with E-state index in [1.807, 2.05) is 0 Å². The summed E-state index contributed by atoms with van der Waals surface area (Å²) < 4.78 is 0. The monoisotopic (exact) mass is 1630 g/mol. The van der Waals surface area contributed by atoms with E-state index in [1.54, 1.807) is 0 Å². The van der Waals surface area contributed by atoms with Crippen LogP contribution in [0.3, 0.4) is 0 Å². The SMILES string of the molecule is N=C(N)NCCC[C@H](NC(=O)[C@H](CCCNC(=N)N)NC(=O)[C@H](CCCNC(=N)N)NC(=O)[C@H](CCCNC(=N)N)NC(=O)[C@H](CCCNC(=N)N)NC(=O)[C@H](CCCNC(=N)N)NC(=O)[C@H](CCCNC(=N)N)NC(=O)[C@H](CCCNC(=N)N)NC(=O)[C@H](CCCNC(=N)N)NC(=O)[C@@H](N)CS)C(=O)N[C@@H](CS)C(=O)O. The van der Waals surface area contributed by atoms with Crippen LogP contribution in [0.4, 0.5) is 0 Å². The number of aliphatic carboxylic acids is 1. The third kappa shape index (κ3) is 47.9. The Morgan fingerprint density at radius 2 is 0.357 bits per heavy atom. The Labute approximate surface area is 658 Å². The highest BCUT2D eigenvalue weighted by atomic mass is 32.1. The van der Waals surface area contributed by atoms with Gasteiger partial charge in [0, 0.05) is 70.4 Å². The molecule has 0 spiro atoms. The van der Waals surface area contributed by atoms with Gasteiger partial charge in [0.2, 0.25) is 59.1 Å². The number of carboxylic acids is 1. The second-order valence-corrected chi connectivity index (χ2v) is 26.0. The zero-order valence-corrected chi connectivity index (χ0v) is 64.3. The van der Waals surface area contributed by atoms with Crippen LogP contribution in [-0.2, 0) is 52.7 Å². The molecule has 50 nitrogen and oxygen atoms in total. The molecule has 10 amide bonds. The molecule has 0 saturated heterocycles. The van der Waals surface area contributed by atoms with Crippen LogP contribution < -0.4 is 158 Å². The molecule has 0 rings (SSSR count). The predicted octanol–water partition coefficient (Wildman–Crippen LogP) is -12.5. The second-order valence-electron chi connectivity index (χ2n) is 25.3. The fourth-order valence-electron chi connectivity index (χ4n) is 10.2. The van der Waals surface area contributed by atoms with E-state index in [2.05, 4.69) is 126 Å². The number of rotatable bonds is 59. The number of guanidine groups is 9. The van der Waals surface area contributed by atoms with E-state index < -0.39 is 179 Å². The van der Waals surface area contributed by atoms with E-state index >= 15 is 0 Å². The Morgan fingerprint density at radius 3 is 0.464 bits per heavy atom. The normalized spacial score (nSPS) is 13.6. The van der Waals surface area contributed by atoms with Crippen molar-refractivity contribution in [2.75, 3.05) is 70.4 Å². The number of thiol groups is 2. The molecule has 0 bridgehead atoms. The largest absolute Gasteiger partial charge is 0.480 e. The first-order valence-electron chi connectivity index (χ1n) is 35.8. The van der Waals surface area contributed by atoms with Crippen LogP contribution in [0.2, 0.25) is 0 Å². The number of hydrogen-bond acceptors (Lipinski definition) is 23. The molecule has 0 aromatic rings. The molecule has 0 unspecified atom stereocenters. The van der Waals surface area contributed by atoms with E-state index in [0.29, 0.717) is 0 Å². The van der Waals surface area contributed by atoms with Crippen LogP contribution in [0.5, 0.6) is 0 Å². The summed E-state index contributed by atoms with van der Waals surface area (Å²) in [6, 6.07) is -16.6. The van der Waals surface area contributed by atoms with E-state index in [4.69, 9.17) is 106 Å². The van der Waals surface area contributed by atoms with Gasteiger partial charge in [-0.15, -0.1) is 0 Å². The first-order chi connectivity index (χ1) is 52.8. The molecule has 49 N–H and O–H groups in total. The van der Waals surface area contributed by atoms with Crippen molar-refractivity contribution in [2.24, 2.45) is 57.3 Å². The van der Waals surface area contributed by atoms with Crippen LogP contribution in [0.25, 0.3) is 0 Å². The molecule has 11 atom stereocenters. The first kappa shape index (κ1) is 100. The molecule has 112 heavy (non-hydrogen) atoms. The Bertz CT molecular complexity index is 3160. The van der Waals surface area contributed by atoms with E-state index in [9.17, 15) is 57.8 Å². The lowest BCUT2D eigenvalue weighted by atomic mass is 10.0. The topological polar surface area (TPSA) is 911 Å². The van der Waals surface area contributed by atoms with Gasteiger partial charge < -0.3 is 163 Å². The van der Waals surface area contributed by atoms with Crippen molar-refractivity contribution in [2.45, 2.75) is 182 Å². The number of hydrogen-bond donors (Lipinski definition) is 41. The van der Waals surface area contributed by atoms with Gasteiger partial charge >= 0.3 is 5.97 Å². The molecular weight excluding hydrogens is 1510 g/mol. The van der Waals surface area contributed by atoms with Crippen LogP contribution in [0, 0.1) is 48.7 Å². The molecule has 0 saturated carbocycles. The van der Waals surface area contributed by atoms with Gasteiger partial charge in [-0.05, 0) is 116 Å². The minimum absolute atomic E-state index is 0.00182. The van der Waals surface area contributed by atoms with Crippen molar-refractivity contribution < 1.29 is 57.8 Å². The van der Waals surface area contributed by atoms with Crippen LogP contribution in [0.15, 0.2) is 0 Å². The predicted molar refractivity (Wildman–Crippen MR) is 425 cm³/mol. The van der Waals surface area contributed by atoms with Crippen molar-refractivity contribution in [1.82, 2.24) is 101 Å². The number of carbonyl (C=O) groups is 11. The first-order valence-corrected chi connectivity index (χ1v) is 37.0. The Balaban J connectivity index is 8.02. The van der Waals surface area contributed by atoms with Crippen molar-refractivity contribution in [1.29, 1.82) is 48.7 Å². The molecule has 0 aliphatic heterocycles. The smallest absolute Gasteiger partial charge is 0.327 e. The highest BCUT2D eigenvalue weighted by Crippen LogP contribution is 2.12. The maximum Gasteiger partial charge on any atom is 0.327 e. The van der Waals surface area contributed by atoms with E-state index in [-0.39, 0.29) is 192 Å². The maximum absolute atomic E-state index is 15.0. The van der Waals surface area contributed by atoms with E-state index in [1.165, 1.54) is 0 Å².